The zero-order chi connectivity index (χ0) is 19.3. The Morgan fingerprint density at radius 2 is 2.04 bits per heavy atom. The largest absolute Gasteiger partial charge is 0.486 e. The average molecular weight is 397 g/mol. The van der Waals surface area contributed by atoms with E-state index in [1.165, 1.54) is 6.26 Å². The highest BCUT2D eigenvalue weighted by Gasteiger charge is 2.17. The smallest absolute Gasteiger partial charge is 0.342 e. The molecule has 0 spiro atoms. The number of ether oxygens (including phenoxy) is 2. The molecule has 0 saturated heterocycles. The highest BCUT2D eigenvalue weighted by molar-refractivity contribution is 7.09. The van der Waals surface area contributed by atoms with E-state index in [0.717, 1.165) is 10.7 Å². The van der Waals surface area contributed by atoms with Gasteiger partial charge in [0, 0.05) is 5.38 Å². The predicted octanol–water partition coefficient (Wildman–Crippen LogP) is 4.03. The third kappa shape index (κ3) is 4.09. The second kappa shape index (κ2) is 8.05. The van der Waals surface area contributed by atoms with E-state index >= 15 is 0 Å². The van der Waals surface area contributed by atoms with Gasteiger partial charge in [-0.1, -0.05) is 12.1 Å². The number of para-hydroxylation sites is 1. The second-order valence-electron chi connectivity index (χ2n) is 5.70. The van der Waals surface area contributed by atoms with Crippen molar-refractivity contribution in [2.24, 2.45) is 0 Å². The number of carbonyl (C=O) groups excluding carboxylic acids is 1. The molecule has 8 nitrogen and oxygen atoms in total. The van der Waals surface area contributed by atoms with Gasteiger partial charge in [-0.3, -0.25) is 0 Å². The van der Waals surface area contributed by atoms with Crippen LogP contribution in [-0.2, 0) is 18.0 Å². The van der Waals surface area contributed by atoms with Gasteiger partial charge in [0.1, 0.15) is 17.9 Å². The van der Waals surface area contributed by atoms with E-state index in [-0.39, 0.29) is 25.0 Å². The first kappa shape index (κ1) is 17.9. The van der Waals surface area contributed by atoms with E-state index in [1.807, 2.05) is 12.3 Å². The number of benzene rings is 1. The highest BCUT2D eigenvalue weighted by Crippen LogP contribution is 2.22. The lowest BCUT2D eigenvalue weighted by atomic mass is 10.2. The van der Waals surface area contributed by atoms with Crippen molar-refractivity contribution in [3.05, 3.63) is 70.2 Å². The Labute approximate surface area is 163 Å². The number of aryl methyl sites for hydroxylation is 1. The van der Waals surface area contributed by atoms with Crippen LogP contribution in [0.3, 0.4) is 0 Å². The van der Waals surface area contributed by atoms with E-state index in [4.69, 9.17) is 18.3 Å². The standard InChI is InChI=1S/C19H15N3O5S/c1-12-20-13(11-28-12)9-25-15-6-3-2-5-14(15)19(23)26-10-17-21-22-18(27-17)16-7-4-8-24-16/h2-8,11H,9-10H2,1H3. The molecule has 142 valence electrons. The predicted molar refractivity (Wildman–Crippen MR) is 98.7 cm³/mol. The number of thiazole rings is 1. The van der Waals surface area contributed by atoms with Crippen molar-refractivity contribution in [1.82, 2.24) is 15.2 Å². The molecular weight excluding hydrogens is 382 g/mol. The number of hydrogen-bond donors (Lipinski definition) is 0. The van der Waals surface area contributed by atoms with Gasteiger partial charge in [-0.05, 0) is 31.2 Å². The summed E-state index contributed by atoms with van der Waals surface area (Å²) in [6.07, 6.45) is 1.50. The fourth-order valence-electron chi connectivity index (χ4n) is 2.40. The molecule has 0 N–H and O–H groups in total. The van der Waals surface area contributed by atoms with Crippen LogP contribution in [0.15, 0.2) is 56.9 Å². The van der Waals surface area contributed by atoms with Crippen molar-refractivity contribution < 1.29 is 23.1 Å². The monoisotopic (exact) mass is 397 g/mol. The summed E-state index contributed by atoms with van der Waals surface area (Å²) in [5.41, 5.74) is 1.11. The molecule has 0 aliphatic heterocycles. The normalized spacial score (nSPS) is 10.8. The van der Waals surface area contributed by atoms with Gasteiger partial charge in [0.2, 0.25) is 0 Å². The maximum atomic E-state index is 12.5. The lowest BCUT2D eigenvalue weighted by molar-refractivity contribution is 0.0433. The molecule has 4 aromatic rings. The lowest BCUT2D eigenvalue weighted by Crippen LogP contribution is -2.08. The molecule has 0 aliphatic rings. The van der Waals surface area contributed by atoms with Gasteiger partial charge in [0.25, 0.3) is 11.8 Å². The molecule has 1 aromatic carbocycles. The number of furan rings is 1. The van der Waals surface area contributed by atoms with Crippen LogP contribution < -0.4 is 4.74 Å². The molecule has 0 bridgehead atoms. The van der Waals surface area contributed by atoms with E-state index in [9.17, 15) is 4.79 Å². The molecule has 0 fully saturated rings. The minimum absolute atomic E-state index is 0.161. The number of hydrogen-bond acceptors (Lipinski definition) is 9. The zero-order valence-corrected chi connectivity index (χ0v) is 15.6. The summed E-state index contributed by atoms with van der Waals surface area (Å²) in [6.45, 7) is 2.03. The van der Waals surface area contributed by atoms with Crippen molar-refractivity contribution in [3.8, 4) is 17.4 Å². The Morgan fingerprint density at radius 3 is 2.82 bits per heavy atom. The van der Waals surface area contributed by atoms with Crippen LogP contribution in [-0.4, -0.2) is 21.2 Å². The van der Waals surface area contributed by atoms with Gasteiger partial charge in [-0.2, -0.15) is 0 Å². The molecule has 9 heteroatoms. The van der Waals surface area contributed by atoms with Crippen LogP contribution in [0.4, 0.5) is 0 Å². The van der Waals surface area contributed by atoms with Crippen molar-refractivity contribution in [2.45, 2.75) is 20.1 Å². The Balaban J connectivity index is 1.39. The molecule has 3 aromatic heterocycles. The molecule has 0 atom stereocenters. The van der Waals surface area contributed by atoms with Gasteiger partial charge in [-0.25, -0.2) is 9.78 Å². The van der Waals surface area contributed by atoms with Crippen LogP contribution in [0.5, 0.6) is 5.75 Å². The van der Waals surface area contributed by atoms with Crippen molar-refractivity contribution in [2.75, 3.05) is 0 Å². The van der Waals surface area contributed by atoms with Crippen LogP contribution in [0, 0.1) is 6.92 Å². The van der Waals surface area contributed by atoms with E-state index in [2.05, 4.69) is 15.2 Å². The van der Waals surface area contributed by atoms with Crippen molar-refractivity contribution >= 4 is 17.3 Å². The first-order chi connectivity index (χ1) is 13.7. The summed E-state index contributed by atoms with van der Waals surface area (Å²) < 4.78 is 21.6. The van der Waals surface area contributed by atoms with Gasteiger partial charge in [0.15, 0.2) is 12.4 Å². The Morgan fingerprint density at radius 1 is 1.14 bits per heavy atom. The third-order valence-corrected chi connectivity index (χ3v) is 4.50. The summed E-state index contributed by atoms with van der Waals surface area (Å²) in [7, 11) is 0. The van der Waals surface area contributed by atoms with Crippen molar-refractivity contribution in [1.29, 1.82) is 0 Å². The van der Waals surface area contributed by atoms with Gasteiger partial charge in [0.05, 0.1) is 17.0 Å². The zero-order valence-electron chi connectivity index (χ0n) is 14.8. The Hall–Kier alpha value is -3.46. The van der Waals surface area contributed by atoms with Crippen LogP contribution in [0.2, 0.25) is 0 Å². The highest BCUT2D eigenvalue weighted by atomic mass is 32.1. The minimum atomic E-state index is -0.553. The third-order valence-electron chi connectivity index (χ3n) is 3.67. The van der Waals surface area contributed by atoms with Gasteiger partial charge < -0.3 is 18.3 Å². The van der Waals surface area contributed by atoms with E-state index in [1.54, 1.807) is 47.7 Å². The van der Waals surface area contributed by atoms with Gasteiger partial charge >= 0.3 is 5.97 Å². The summed E-state index contributed by atoms with van der Waals surface area (Å²) >= 11 is 1.54. The number of carbonyl (C=O) groups is 1. The SMILES string of the molecule is Cc1nc(COc2ccccc2C(=O)OCc2nnc(-c3ccco3)o2)cs1. The van der Waals surface area contributed by atoms with Crippen LogP contribution >= 0.6 is 11.3 Å². The maximum Gasteiger partial charge on any atom is 0.342 e. The maximum absolute atomic E-state index is 12.5. The summed E-state index contributed by atoms with van der Waals surface area (Å²) in [5.74, 6) is 0.693. The average Bonchev–Trinajstić information content (AvgIpc) is 3.46. The molecule has 0 saturated carbocycles. The van der Waals surface area contributed by atoms with Crippen LogP contribution in [0.1, 0.15) is 27.0 Å². The fraction of sp³-hybridized carbons (Fsp3) is 0.158. The number of esters is 1. The van der Waals surface area contributed by atoms with Crippen LogP contribution in [0.25, 0.3) is 11.7 Å². The molecule has 4 rings (SSSR count). The van der Waals surface area contributed by atoms with E-state index in [0.29, 0.717) is 17.1 Å². The molecule has 3 heterocycles. The fourth-order valence-corrected chi connectivity index (χ4v) is 3.00. The molecule has 0 aliphatic carbocycles. The number of nitrogens with zero attached hydrogens (tertiary/aromatic N) is 3. The number of rotatable bonds is 7. The summed E-state index contributed by atoms with van der Waals surface area (Å²) in [6, 6.07) is 10.3. The lowest BCUT2D eigenvalue weighted by Gasteiger charge is -2.09. The minimum Gasteiger partial charge on any atom is -0.486 e. The number of aromatic nitrogens is 3. The van der Waals surface area contributed by atoms with Crippen molar-refractivity contribution in [3.63, 3.8) is 0 Å². The molecule has 0 unspecified atom stereocenters. The first-order valence-corrected chi connectivity index (χ1v) is 9.23. The van der Waals surface area contributed by atoms with E-state index < -0.39 is 5.97 Å². The Bertz CT molecular complexity index is 1070. The first-order valence-electron chi connectivity index (χ1n) is 8.35. The molecule has 0 radical (unpaired) electrons. The second-order valence-corrected chi connectivity index (χ2v) is 6.76. The quantitative estimate of drug-likeness (QED) is 0.431. The molecular formula is C19H15N3O5S. The molecule has 28 heavy (non-hydrogen) atoms. The topological polar surface area (TPSA) is 100 Å². The Kier molecular flexibility index (Phi) is 5.16. The summed E-state index contributed by atoms with van der Waals surface area (Å²) in [4.78, 5) is 16.8. The van der Waals surface area contributed by atoms with Gasteiger partial charge in [-0.15, -0.1) is 21.5 Å². The molecule has 0 amide bonds. The summed E-state index contributed by atoms with van der Waals surface area (Å²) in [5, 5.41) is 10.6.